The molecule has 136 valence electrons. The first-order valence-corrected chi connectivity index (χ1v) is 8.77. The average molecular weight is 346 g/mol. The molecule has 0 saturated carbocycles. The molecule has 8 nitrogen and oxygen atoms in total. The van der Waals surface area contributed by atoms with Gasteiger partial charge in [-0.3, -0.25) is 9.69 Å². The number of rotatable bonds is 4. The molecule has 8 heteroatoms. The molecule has 0 aromatic carbocycles. The van der Waals surface area contributed by atoms with Crippen molar-refractivity contribution in [2.45, 2.75) is 45.7 Å². The lowest BCUT2D eigenvalue weighted by atomic mass is 10.1. The number of tetrazole rings is 1. The van der Waals surface area contributed by atoms with Crippen molar-refractivity contribution in [1.82, 2.24) is 30.0 Å². The fraction of sp³-hybridized carbons (Fsp3) is 0.647. The van der Waals surface area contributed by atoms with Gasteiger partial charge in [0.1, 0.15) is 0 Å². The Bertz CT molecular complexity index is 695. The van der Waals surface area contributed by atoms with E-state index in [1.807, 2.05) is 9.58 Å². The van der Waals surface area contributed by atoms with Gasteiger partial charge in [0.25, 0.3) is 5.91 Å². The number of nitrogens with zero attached hydrogens (tertiary/aromatic N) is 6. The molecule has 0 aliphatic carbocycles. The highest BCUT2D eigenvalue weighted by molar-refractivity contribution is 5.91. The summed E-state index contributed by atoms with van der Waals surface area (Å²) in [6, 6.07) is 3.60. The van der Waals surface area contributed by atoms with E-state index in [-0.39, 0.29) is 17.5 Å². The second kappa shape index (κ2) is 6.95. The average Bonchev–Trinajstić information content (AvgIpc) is 3.27. The quantitative estimate of drug-likeness (QED) is 0.841. The molecular formula is C17H26N6O2. The third kappa shape index (κ3) is 3.58. The van der Waals surface area contributed by atoms with Crippen molar-refractivity contribution in [3.63, 3.8) is 0 Å². The normalized spacial score (nSPS) is 17.7. The van der Waals surface area contributed by atoms with Crippen LogP contribution in [-0.2, 0) is 5.54 Å². The fourth-order valence-electron chi connectivity index (χ4n) is 3.28. The summed E-state index contributed by atoms with van der Waals surface area (Å²) in [5, 5.41) is 12.4. The van der Waals surface area contributed by atoms with Crippen LogP contribution in [0, 0.1) is 0 Å². The van der Waals surface area contributed by atoms with E-state index >= 15 is 0 Å². The van der Waals surface area contributed by atoms with Gasteiger partial charge in [-0.2, -0.15) is 0 Å². The predicted molar refractivity (Wildman–Crippen MR) is 92.0 cm³/mol. The molecule has 1 aliphatic rings. The molecule has 2 aromatic rings. The molecule has 1 amide bonds. The summed E-state index contributed by atoms with van der Waals surface area (Å²) in [7, 11) is 0. The van der Waals surface area contributed by atoms with Gasteiger partial charge in [0.05, 0.1) is 17.8 Å². The summed E-state index contributed by atoms with van der Waals surface area (Å²) in [6.45, 7) is 11.4. The van der Waals surface area contributed by atoms with Gasteiger partial charge in [0, 0.05) is 26.2 Å². The molecule has 1 atom stereocenters. The molecule has 25 heavy (non-hydrogen) atoms. The number of piperazine rings is 1. The summed E-state index contributed by atoms with van der Waals surface area (Å²) >= 11 is 0. The number of carbonyl (C=O) groups is 1. The summed E-state index contributed by atoms with van der Waals surface area (Å²) < 4.78 is 7.13. The minimum absolute atomic E-state index is 0.0442. The van der Waals surface area contributed by atoms with Gasteiger partial charge in [0.2, 0.25) is 0 Å². The highest BCUT2D eigenvalue weighted by Gasteiger charge is 2.32. The third-order valence-corrected chi connectivity index (χ3v) is 4.59. The molecule has 2 aromatic heterocycles. The molecule has 3 rings (SSSR count). The van der Waals surface area contributed by atoms with Crippen LogP contribution in [0.1, 0.15) is 56.5 Å². The van der Waals surface area contributed by atoms with Crippen molar-refractivity contribution in [3.05, 3.63) is 30.0 Å². The van der Waals surface area contributed by atoms with Crippen molar-refractivity contribution < 1.29 is 9.21 Å². The van der Waals surface area contributed by atoms with Crippen LogP contribution in [0.2, 0.25) is 0 Å². The smallest absolute Gasteiger partial charge is 0.289 e. The summed E-state index contributed by atoms with van der Waals surface area (Å²) in [5.41, 5.74) is -0.163. The lowest BCUT2D eigenvalue weighted by Gasteiger charge is -2.38. The Morgan fingerprint density at radius 3 is 2.56 bits per heavy atom. The SMILES string of the molecule is CC[C@H](c1nnnn1C(C)(C)C)N1CCN(C(=O)c2ccco2)CC1. The van der Waals surface area contributed by atoms with Crippen LogP contribution in [-0.4, -0.2) is 62.1 Å². The molecule has 0 unspecified atom stereocenters. The van der Waals surface area contributed by atoms with Gasteiger partial charge in [-0.25, -0.2) is 4.68 Å². The molecule has 0 N–H and O–H groups in total. The first-order valence-electron chi connectivity index (χ1n) is 8.77. The lowest BCUT2D eigenvalue weighted by Crippen LogP contribution is -2.50. The minimum Gasteiger partial charge on any atom is -0.459 e. The molecule has 3 heterocycles. The first-order chi connectivity index (χ1) is 11.9. The first kappa shape index (κ1) is 17.6. The Morgan fingerprint density at radius 2 is 2.00 bits per heavy atom. The summed E-state index contributed by atoms with van der Waals surface area (Å²) in [6.07, 6.45) is 2.45. The van der Waals surface area contributed by atoms with Crippen LogP contribution in [0.3, 0.4) is 0 Å². The molecule has 0 radical (unpaired) electrons. The molecule has 1 fully saturated rings. The summed E-state index contributed by atoms with van der Waals surface area (Å²) in [5.74, 6) is 1.25. The molecule has 0 spiro atoms. The van der Waals surface area contributed by atoms with E-state index in [0.29, 0.717) is 18.8 Å². The Labute approximate surface area is 147 Å². The standard InChI is InChI=1S/C17H26N6O2/c1-5-13(15-18-19-20-23(15)17(2,3)4)21-8-10-22(11-9-21)16(24)14-7-6-12-25-14/h6-7,12-13H,5,8-11H2,1-4H3/t13-/m1/s1. The number of aromatic nitrogens is 4. The molecule has 0 bridgehead atoms. The Balaban J connectivity index is 1.69. The van der Waals surface area contributed by atoms with Crippen LogP contribution in [0.25, 0.3) is 0 Å². The molecule has 1 aliphatic heterocycles. The summed E-state index contributed by atoms with van der Waals surface area (Å²) in [4.78, 5) is 16.6. The van der Waals surface area contributed by atoms with E-state index in [1.54, 1.807) is 12.1 Å². The van der Waals surface area contributed by atoms with Crippen LogP contribution in [0.15, 0.2) is 22.8 Å². The third-order valence-electron chi connectivity index (χ3n) is 4.59. The Kier molecular flexibility index (Phi) is 4.89. The highest BCUT2D eigenvalue weighted by Crippen LogP contribution is 2.26. The van der Waals surface area contributed by atoms with E-state index in [0.717, 1.165) is 25.3 Å². The van der Waals surface area contributed by atoms with Crippen molar-refractivity contribution in [3.8, 4) is 0 Å². The fourth-order valence-corrected chi connectivity index (χ4v) is 3.28. The van der Waals surface area contributed by atoms with Gasteiger partial charge >= 0.3 is 0 Å². The number of furan rings is 1. The Morgan fingerprint density at radius 1 is 1.28 bits per heavy atom. The highest BCUT2D eigenvalue weighted by atomic mass is 16.3. The maximum atomic E-state index is 12.4. The number of carbonyl (C=O) groups excluding carboxylic acids is 1. The van der Waals surface area contributed by atoms with Crippen LogP contribution >= 0.6 is 0 Å². The maximum absolute atomic E-state index is 12.4. The van der Waals surface area contributed by atoms with Gasteiger partial charge < -0.3 is 9.32 Å². The van der Waals surface area contributed by atoms with Crippen LogP contribution < -0.4 is 0 Å². The van der Waals surface area contributed by atoms with E-state index < -0.39 is 0 Å². The zero-order valence-corrected chi connectivity index (χ0v) is 15.3. The van der Waals surface area contributed by atoms with E-state index in [2.05, 4.69) is 48.1 Å². The van der Waals surface area contributed by atoms with E-state index in [4.69, 9.17) is 4.42 Å². The van der Waals surface area contributed by atoms with Crippen molar-refractivity contribution in [2.75, 3.05) is 26.2 Å². The topological polar surface area (TPSA) is 80.3 Å². The van der Waals surface area contributed by atoms with E-state index in [1.165, 1.54) is 6.26 Å². The van der Waals surface area contributed by atoms with Gasteiger partial charge in [-0.05, 0) is 49.8 Å². The minimum atomic E-state index is -0.163. The van der Waals surface area contributed by atoms with Gasteiger partial charge in [-0.15, -0.1) is 5.10 Å². The number of hydrogen-bond acceptors (Lipinski definition) is 6. The van der Waals surface area contributed by atoms with Crippen molar-refractivity contribution in [2.24, 2.45) is 0 Å². The number of hydrogen-bond donors (Lipinski definition) is 0. The van der Waals surface area contributed by atoms with Crippen molar-refractivity contribution >= 4 is 5.91 Å². The molecule has 1 saturated heterocycles. The number of amides is 1. The largest absolute Gasteiger partial charge is 0.459 e. The van der Waals surface area contributed by atoms with Gasteiger partial charge in [-0.1, -0.05) is 6.92 Å². The van der Waals surface area contributed by atoms with Crippen LogP contribution in [0.4, 0.5) is 0 Å². The lowest BCUT2D eigenvalue weighted by molar-refractivity contribution is 0.0516. The van der Waals surface area contributed by atoms with Gasteiger partial charge in [0.15, 0.2) is 11.6 Å². The Hall–Kier alpha value is -2.22. The monoisotopic (exact) mass is 346 g/mol. The zero-order chi connectivity index (χ0) is 18.0. The van der Waals surface area contributed by atoms with Crippen molar-refractivity contribution in [1.29, 1.82) is 0 Å². The maximum Gasteiger partial charge on any atom is 0.289 e. The predicted octanol–water partition coefficient (Wildman–Crippen LogP) is 1.93. The zero-order valence-electron chi connectivity index (χ0n) is 15.3. The second-order valence-electron chi connectivity index (χ2n) is 7.35. The van der Waals surface area contributed by atoms with E-state index in [9.17, 15) is 4.79 Å². The molecular weight excluding hydrogens is 320 g/mol. The van der Waals surface area contributed by atoms with Crippen LogP contribution in [0.5, 0.6) is 0 Å². The second-order valence-corrected chi connectivity index (χ2v) is 7.35.